The van der Waals surface area contributed by atoms with E-state index in [4.69, 9.17) is 5.11 Å². The van der Waals surface area contributed by atoms with Crippen LogP contribution in [0.5, 0.6) is 0 Å². The summed E-state index contributed by atoms with van der Waals surface area (Å²) in [6, 6.07) is 0.102. The quantitative estimate of drug-likeness (QED) is 0.853. The molecule has 0 atom stereocenters. The molecule has 98 valence electrons. The van der Waals surface area contributed by atoms with Crippen LogP contribution >= 0.6 is 11.3 Å². The number of carboxylic acids is 1. The highest BCUT2D eigenvalue weighted by atomic mass is 32.1. The normalized spacial score (nSPS) is 14.5. The predicted octanol–water partition coefficient (Wildman–Crippen LogP) is 1.78. The van der Waals surface area contributed by atoms with Crippen molar-refractivity contribution in [3.8, 4) is 0 Å². The van der Waals surface area contributed by atoms with Crippen LogP contribution in [-0.2, 0) is 11.2 Å². The van der Waals surface area contributed by atoms with Gasteiger partial charge in [0.1, 0.15) is 11.4 Å². The van der Waals surface area contributed by atoms with Crippen LogP contribution in [0, 0.1) is 0 Å². The highest BCUT2D eigenvalue weighted by molar-refractivity contribution is 7.13. The molecule has 1 fully saturated rings. The second-order valence-electron chi connectivity index (χ2n) is 4.43. The van der Waals surface area contributed by atoms with Gasteiger partial charge in [0.05, 0.1) is 11.2 Å². The fraction of sp³-hybridized carbons (Fsp3) is 0.583. The first-order valence-corrected chi connectivity index (χ1v) is 6.91. The molecule has 0 aliphatic heterocycles. The predicted molar refractivity (Wildman–Crippen MR) is 67.8 cm³/mol. The molecule has 5 nitrogen and oxygen atoms in total. The molecule has 0 unspecified atom stereocenters. The third-order valence-corrected chi connectivity index (χ3v) is 3.83. The maximum absolute atomic E-state index is 12.2. The summed E-state index contributed by atoms with van der Waals surface area (Å²) in [5.41, 5.74) is 0. The molecule has 2 rings (SSSR count). The van der Waals surface area contributed by atoms with Gasteiger partial charge in [0.25, 0.3) is 5.91 Å². The van der Waals surface area contributed by atoms with E-state index in [0.717, 1.165) is 30.7 Å². The zero-order chi connectivity index (χ0) is 13.1. The maximum atomic E-state index is 12.2. The molecule has 1 aromatic heterocycles. The van der Waals surface area contributed by atoms with E-state index in [9.17, 15) is 9.59 Å². The first-order chi connectivity index (χ1) is 8.61. The van der Waals surface area contributed by atoms with Gasteiger partial charge in [-0.25, -0.2) is 4.98 Å². The minimum absolute atomic E-state index is 0.102. The van der Waals surface area contributed by atoms with Crippen molar-refractivity contribution >= 4 is 23.2 Å². The molecule has 1 N–H and O–H groups in total. The largest absolute Gasteiger partial charge is 0.480 e. The summed E-state index contributed by atoms with van der Waals surface area (Å²) in [5, 5.41) is 9.78. The van der Waals surface area contributed by atoms with Gasteiger partial charge in [-0.1, -0.05) is 6.92 Å². The lowest BCUT2D eigenvalue weighted by molar-refractivity contribution is -0.137. The van der Waals surface area contributed by atoms with Gasteiger partial charge in [0.15, 0.2) is 0 Å². The number of carbonyl (C=O) groups excluding carboxylic acids is 1. The Kier molecular flexibility index (Phi) is 3.96. The van der Waals surface area contributed by atoms with E-state index >= 15 is 0 Å². The Labute approximate surface area is 109 Å². The second-order valence-corrected chi connectivity index (χ2v) is 5.54. The van der Waals surface area contributed by atoms with Gasteiger partial charge in [0.2, 0.25) is 0 Å². The molecule has 1 saturated carbocycles. The summed E-state index contributed by atoms with van der Waals surface area (Å²) in [6.07, 6.45) is 5.22. The Bertz CT molecular complexity index is 454. The number of aryl methyl sites for hydroxylation is 1. The number of hydrogen-bond donors (Lipinski definition) is 1. The van der Waals surface area contributed by atoms with Crippen molar-refractivity contribution in [3.63, 3.8) is 0 Å². The number of amides is 1. The molecule has 0 spiro atoms. The van der Waals surface area contributed by atoms with E-state index < -0.39 is 5.97 Å². The van der Waals surface area contributed by atoms with E-state index in [2.05, 4.69) is 11.9 Å². The Morgan fingerprint density at radius 1 is 1.56 bits per heavy atom. The molecule has 1 amide bonds. The maximum Gasteiger partial charge on any atom is 0.323 e. The van der Waals surface area contributed by atoms with Crippen molar-refractivity contribution in [2.75, 3.05) is 6.54 Å². The first-order valence-electron chi connectivity index (χ1n) is 6.09. The number of nitrogens with zero attached hydrogens (tertiary/aromatic N) is 2. The molecule has 1 aliphatic carbocycles. The smallest absolute Gasteiger partial charge is 0.323 e. The van der Waals surface area contributed by atoms with Gasteiger partial charge in [-0.3, -0.25) is 9.59 Å². The zero-order valence-electron chi connectivity index (χ0n) is 10.3. The van der Waals surface area contributed by atoms with Crippen molar-refractivity contribution in [3.05, 3.63) is 16.1 Å². The molecule has 1 aromatic rings. The average Bonchev–Trinajstić information content (AvgIpc) is 3.06. The van der Waals surface area contributed by atoms with Crippen LogP contribution in [0.4, 0.5) is 0 Å². The second kappa shape index (κ2) is 5.48. The summed E-state index contributed by atoms with van der Waals surface area (Å²) in [6.45, 7) is 1.84. The molecule has 0 bridgehead atoms. The molecule has 0 aromatic carbocycles. The van der Waals surface area contributed by atoms with Crippen molar-refractivity contribution in [1.29, 1.82) is 0 Å². The van der Waals surface area contributed by atoms with Crippen molar-refractivity contribution in [2.24, 2.45) is 0 Å². The van der Waals surface area contributed by atoms with Crippen LogP contribution in [0.25, 0.3) is 0 Å². The average molecular weight is 268 g/mol. The fourth-order valence-corrected chi connectivity index (χ4v) is 2.75. The minimum Gasteiger partial charge on any atom is -0.480 e. The number of rotatable bonds is 6. The Morgan fingerprint density at radius 3 is 2.83 bits per heavy atom. The van der Waals surface area contributed by atoms with Crippen molar-refractivity contribution in [2.45, 2.75) is 38.6 Å². The van der Waals surface area contributed by atoms with Crippen LogP contribution in [0.2, 0.25) is 0 Å². The van der Waals surface area contributed by atoms with Crippen molar-refractivity contribution in [1.82, 2.24) is 9.88 Å². The SMILES string of the molecule is CCCc1ncc(C(=O)N(CC(=O)O)C2CC2)s1. The monoisotopic (exact) mass is 268 g/mol. The lowest BCUT2D eigenvalue weighted by Gasteiger charge is -2.18. The van der Waals surface area contributed by atoms with Crippen LogP contribution in [0.15, 0.2) is 6.20 Å². The molecule has 0 saturated heterocycles. The van der Waals surface area contributed by atoms with E-state index in [1.807, 2.05) is 0 Å². The summed E-state index contributed by atoms with van der Waals surface area (Å²) >= 11 is 1.37. The van der Waals surface area contributed by atoms with Gasteiger partial charge >= 0.3 is 5.97 Å². The standard InChI is InChI=1S/C12H16N2O3S/c1-2-3-10-13-6-9(18-10)12(17)14(7-11(15)16)8-4-5-8/h6,8H,2-5,7H2,1H3,(H,15,16). The van der Waals surface area contributed by atoms with E-state index in [0.29, 0.717) is 4.88 Å². The lowest BCUT2D eigenvalue weighted by Crippen LogP contribution is -2.37. The van der Waals surface area contributed by atoms with E-state index in [1.165, 1.54) is 16.2 Å². The highest BCUT2D eigenvalue weighted by Crippen LogP contribution is 2.29. The number of thiazole rings is 1. The van der Waals surface area contributed by atoms with Crippen LogP contribution in [-0.4, -0.2) is 39.5 Å². The molecule has 1 heterocycles. The number of carboxylic acid groups (broad SMARTS) is 1. The summed E-state index contributed by atoms with van der Waals surface area (Å²) < 4.78 is 0. The van der Waals surface area contributed by atoms with Gasteiger partial charge in [-0.05, 0) is 25.7 Å². The molecule has 6 heteroatoms. The highest BCUT2D eigenvalue weighted by Gasteiger charge is 2.34. The topological polar surface area (TPSA) is 70.5 Å². The molecule has 18 heavy (non-hydrogen) atoms. The van der Waals surface area contributed by atoms with Gasteiger partial charge < -0.3 is 10.0 Å². The number of aromatic nitrogens is 1. The molecule has 1 aliphatic rings. The van der Waals surface area contributed by atoms with Crippen LogP contribution in [0.3, 0.4) is 0 Å². The van der Waals surface area contributed by atoms with Crippen LogP contribution in [0.1, 0.15) is 40.9 Å². The van der Waals surface area contributed by atoms with Gasteiger partial charge in [-0.2, -0.15) is 0 Å². The third kappa shape index (κ3) is 3.07. The first kappa shape index (κ1) is 13.0. The number of aliphatic carboxylic acids is 1. The minimum atomic E-state index is -0.964. The van der Waals surface area contributed by atoms with Crippen molar-refractivity contribution < 1.29 is 14.7 Å². The number of hydrogen-bond acceptors (Lipinski definition) is 4. The van der Waals surface area contributed by atoms with E-state index in [1.54, 1.807) is 6.20 Å². The summed E-state index contributed by atoms with van der Waals surface area (Å²) in [7, 11) is 0. The fourth-order valence-electron chi connectivity index (χ4n) is 1.78. The lowest BCUT2D eigenvalue weighted by atomic mass is 10.3. The summed E-state index contributed by atoms with van der Waals surface area (Å²) in [5.74, 6) is -1.16. The zero-order valence-corrected chi connectivity index (χ0v) is 11.1. The third-order valence-electron chi connectivity index (χ3n) is 2.78. The van der Waals surface area contributed by atoms with E-state index in [-0.39, 0.29) is 18.5 Å². The van der Waals surface area contributed by atoms with Gasteiger partial charge in [-0.15, -0.1) is 11.3 Å². The molecular weight excluding hydrogens is 252 g/mol. The molecule has 0 radical (unpaired) electrons. The number of carbonyl (C=O) groups is 2. The Hall–Kier alpha value is -1.43. The van der Waals surface area contributed by atoms with Gasteiger partial charge in [0, 0.05) is 6.04 Å². The Balaban J connectivity index is 2.09. The van der Waals surface area contributed by atoms with Crippen LogP contribution < -0.4 is 0 Å². The summed E-state index contributed by atoms with van der Waals surface area (Å²) in [4.78, 5) is 29.2. The Morgan fingerprint density at radius 2 is 2.28 bits per heavy atom. The molecular formula is C12H16N2O3S.